The first-order chi connectivity index (χ1) is 15.0. The summed E-state index contributed by atoms with van der Waals surface area (Å²) in [6.07, 6.45) is 1.34. The first-order valence-electron chi connectivity index (χ1n) is 9.42. The number of carboxylic acids is 2. The Morgan fingerprint density at radius 3 is 2.03 bits per heavy atom. The number of hydrogen-bond donors (Lipinski definition) is 3. The van der Waals surface area contributed by atoms with Gasteiger partial charge in [-0.3, -0.25) is 0 Å². The van der Waals surface area contributed by atoms with Gasteiger partial charge in [-0.05, 0) is 57.2 Å². The molecule has 0 unspecified atom stereocenters. The number of nitrogens with one attached hydrogen (secondary N) is 1. The van der Waals surface area contributed by atoms with E-state index in [4.69, 9.17) is 0 Å². The number of carboxylic acid groups (broad SMARTS) is 2. The van der Waals surface area contributed by atoms with Crippen LogP contribution in [0.15, 0.2) is 58.5 Å². The maximum absolute atomic E-state index is 12.4. The largest absolute Gasteiger partial charge is 0.478 e. The predicted molar refractivity (Wildman–Crippen MR) is 118 cm³/mol. The van der Waals surface area contributed by atoms with Crippen LogP contribution in [0.1, 0.15) is 43.2 Å². The third kappa shape index (κ3) is 4.70. The summed E-state index contributed by atoms with van der Waals surface area (Å²) in [5.41, 5.74) is 2.85. The van der Waals surface area contributed by atoms with Crippen LogP contribution in [0.25, 0.3) is 5.69 Å². The van der Waals surface area contributed by atoms with Crippen LogP contribution >= 0.6 is 0 Å². The monoisotopic (exact) mass is 455 g/mol. The third-order valence-corrected chi connectivity index (χ3v) is 6.09. The van der Waals surface area contributed by atoms with Gasteiger partial charge >= 0.3 is 11.9 Å². The zero-order valence-corrected chi connectivity index (χ0v) is 18.3. The van der Waals surface area contributed by atoms with E-state index in [1.807, 2.05) is 6.92 Å². The summed E-state index contributed by atoms with van der Waals surface area (Å²) in [4.78, 5) is 25.1. The van der Waals surface area contributed by atoms with Gasteiger partial charge in [-0.2, -0.15) is 13.5 Å². The first kappa shape index (κ1) is 22.8. The molecule has 1 heterocycles. The van der Waals surface area contributed by atoms with Crippen molar-refractivity contribution in [2.24, 2.45) is 5.10 Å². The van der Waals surface area contributed by atoms with E-state index in [0.29, 0.717) is 22.6 Å². The molecule has 0 aliphatic carbocycles. The minimum Gasteiger partial charge on any atom is -0.478 e. The molecule has 1 aromatic heterocycles. The number of carbonyl (C=O) groups is 2. The fourth-order valence-corrected chi connectivity index (χ4v) is 4.03. The van der Waals surface area contributed by atoms with Gasteiger partial charge in [0.05, 0.1) is 22.2 Å². The van der Waals surface area contributed by atoms with Crippen LogP contribution in [-0.2, 0) is 10.0 Å². The molecule has 9 nitrogen and oxygen atoms in total. The average molecular weight is 455 g/mol. The number of hydrazone groups is 1. The predicted octanol–water partition coefficient (Wildman–Crippen LogP) is 3.11. The van der Waals surface area contributed by atoms with E-state index in [2.05, 4.69) is 9.93 Å². The molecule has 3 aromatic rings. The lowest BCUT2D eigenvalue weighted by Crippen LogP contribution is -2.18. The van der Waals surface area contributed by atoms with Gasteiger partial charge in [-0.15, -0.1) is 0 Å². The standard InChI is InChI=1S/C22H21N3O6S/c1-13-4-6-20(7-5-13)32(30,31)24-23-12-18-8-14(2)25(15(18)3)19-10-16(21(26)27)9-17(11-19)22(28)29/h4-12,24H,1-3H3,(H,26,27)(H,28,29)/b23-12-. The van der Waals surface area contributed by atoms with Crippen LogP contribution in [0.4, 0.5) is 0 Å². The van der Waals surface area contributed by atoms with E-state index in [9.17, 15) is 28.2 Å². The lowest BCUT2D eigenvalue weighted by molar-refractivity contribution is 0.0696. The van der Waals surface area contributed by atoms with Crippen molar-refractivity contribution in [3.63, 3.8) is 0 Å². The highest BCUT2D eigenvalue weighted by molar-refractivity contribution is 7.89. The molecule has 2 aromatic carbocycles. The summed E-state index contributed by atoms with van der Waals surface area (Å²) in [7, 11) is -3.83. The van der Waals surface area contributed by atoms with Gasteiger partial charge in [0.2, 0.25) is 0 Å². The molecule has 0 bridgehead atoms. The molecular formula is C22H21N3O6S. The molecule has 166 valence electrons. The summed E-state index contributed by atoms with van der Waals surface area (Å²) in [6, 6.07) is 11.9. The molecule has 0 amide bonds. The zero-order valence-electron chi connectivity index (χ0n) is 17.5. The first-order valence-corrected chi connectivity index (χ1v) is 10.9. The number of benzene rings is 2. The minimum atomic E-state index is -3.83. The molecule has 0 aliphatic rings. The second-order valence-corrected chi connectivity index (χ2v) is 8.87. The van der Waals surface area contributed by atoms with Crippen LogP contribution in [-0.4, -0.2) is 41.4 Å². The molecule has 0 radical (unpaired) electrons. The van der Waals surface area contributed by atoms with Crippen molar-refractivity contribution in [2.75, 3.05) is 0 Å². The Bertz CT molecular complexity index is 1310. The molecule has 0 atom stereocenters. The third-order valence-electron chi connectivity index (χ3n) is 4.85. The van der Waals surface area contributed by atoms with E-state index in [1.165, 1.54) is 30.5 Å². The zero-order chi connectivity index (χ0) is 23.6. The molecule has 32 heavy (non-hydrogen) atoms. The topological polar surface area (TPSA) is 138 Å². The maximum atomic E-state index is 12.4. The Morgan fingerprint density at radius 2 is 1.50 bits per heavy atom. The summed E-state index contributed by atoms with van der Waals surface area (Å²) in [5, 5.41) is 22.5. The molecular weight excluding hydrogens is 434 g/mol. The summed E-state index contributed by atoms with van der Waals surface area (Å²) < 4.78 is 26.4. The fourth-order valence-electron chi connectivity index (χ4n) is 3.24. The summed E-state index contributed by atoms with van der Waals surface area (Å²) >= 11 is 0. The molecule has 3 rings (SSSR count). The Labute approximate surface area is 184 Å². The Kier molecular flexibility index (Phi) is 6.17. The average Bonchev–Trinajstić information content (AvgIpc) is 3.01. The molecule has 0 saturated carbocycles. The molecule has 0 spiro atoms. The quantitative estimate of drug-likeness (QED) is 0.370. The normalized spacial score (nSPS) is 11.6. The van der Waals surface area contributed by atoms with Gasteiger partial charge in [-0.25, -0.2) is 14.4 Å². The van der Waals surface area contributed by atoms with Crippen molar-refractivity contribution >= 4 is 28.2 Å². The highest BCUT2D eigenvalue weighted by Crippen LogP contribution is 2.22. The van der Waals surface area contributed by atoms with Gasteiger partial charge in [0.25, 0.3) is 10.0 Å². The fraction of sp³-hybridized carbons (Fsp3) is 0.136. The highest BCUT2D eigenvalue weighted by atomic mass is 32.2. The van der Waals surface area contributed by atoms with Gasteiger partial charge in [0.15, 0.2) is 0 Å². The van der Waals surface area contributed by atoms with Crippen molar-refractivity contribution in [2.45, 2.75) is 25.7 Å². The lowest BCUT2D eigenvalue weighted by Gasteiger charge is -2.12. The Balaban J connectivity index is 1.94. The number of nitrogens with zero attached hydrogens (tertiary/aromatic N) is 2. The molecule has 0 saturated heterocycles. The number of aromatic nitrogens is 1. The van der Waals surface area contributed by atoms with Crippen LogP contribution in [0.3, 0.4) is 0 Å². The Morgan fingerprint density at radius 1 is 0.938 bits per heavy atom. The van der Waals surface area contributed by atoms with Crippen LogP contribution in [0.2, 0.25) is 0 Å². The number of hydrogen-bond acceptors (Lipinski definition) is 5. The van der Waals surface area contributed by atoms with Crippen molar-refractivity contribution in [1.29, 1.82) is 0 Å². The Hall–Kier alpha value is -3.92. The smallest absolute Gasteiger partial charge is 0.335 e. The summed E-state index contributed by atoms with van der Waals surface area (Å²) in [6.45, 7) is 5.34. The second-order valence-electron chi connectivity index (χ2n) is 7.21. The maximum Gasteiger partial charge on any atom is 0.335 e. The van der Waals surface area contributed by atoms with E-state index in [0.717, 1.165) is 11.6 Å². The minimum absolute atomic E-state index is 0.0809. The van der Waals surface area contributed by atoms with E-state index >= 15 is 0 Å². The van der Waals surface area contributed by atoms with E-state index in [1.54, 1.807) is 36.6 Å². The van der Waals surface area contributed by atoms with E-state index in [-0.39, 0.29) is 16.0 Å². The number of aryl methyl sites for hydroxylation is 2. The number of aromatic carboxylic acids is 2. The van der Waals surface area contributed by atoms with Gasteiger partial charge in [0.1, 0.15) is 0 Å². The van der Waals surface area contributed by atoms with Crippen LogP contribution in [0, 0.1) is 20.8 Å². The number of sulfonamides is 1. The SMILES string of the molecule is Cc1ccc(S(=O)(=O)N/N=C\c2cc(C)n(-c3cc(C(=O)O)cc(C(=O)O)c3)c2C)cc1. The number of rotatable bonds is 7. The second kappa shape index (κ2) is 8.67. The molecule has 0 aliphatic heterocycles. The molecule has 3 N–H and O–H groups in total. The molecule has 10 heteroatoms. The van der Waals surface area contributed by atoms with Gasteiger partial charge < -0.3 is 14.8 Å². The van der Waals surface area contributed by atoms with Crippen molar-refractivity contribution in [3.8, 4) is 5.69 Å². The van der Waals surface area contributed by atoms with Crippen molar-refractivity contribution < 1.29 is 28.2 Å². The van der Waals surface area contributed by atoms with Gasteiger partial charge in [-0.1, -0.05) is 17.7 Å². The lowest BCUT2D eigenvalue weighted by atomic mass is 10.1. The van der Waals surface area contributed by atoms with Crippen molar-refractivity contribution in [1.82, 2.24) is 9.40 Å². The van der Waals surface area contributed by atoms with Crippen LogP contribution in [0.5, 0.6) is 0 Å². The van der Waals surface area contributed by atoms with Crippen molar-refractivity contribution in [3.05, 3.63) is 82.2 Å². The van der Waals surface area contributed by atoms with Gasteiger partial charge in [0, 0.05) is 22.6 Å². The molecule has 0 fully saturated rings. The van der Waals surface area contributed by atoms with E-state index < -0.39 is 22.0 Å². The summed E-state index contributed by atoms with van der Waals surface area (Å²) in [5.74, 6) is -2.49. The van der Waals surface area contributed by atoms with Crippen LogP contribution < -0.4 is 4.83 Å². The highest BCUT2D eigenvalue weighted by Gasteiger charge is 2.16.